The van der Waals surface area contributed by atoms with Crippen LogP contribution in [-0.2, 0) is 0 Å². The fourth-order valence-corrected chi connectivity index (χ4v) is 4.16. The Bertz CT molecular complexity index is 1180. The van der Waals surface area contributed by atoms with E-state index in [0.29, 0.717) is 0 Å². The van der Waals surface area contributed by atoms with Crippen LogP contribution in [0, 0.1) is 13.8 Å². The van der Waals surface area contributed by atoms with E-state index in [9.17, 15) is 0 Å². The van der Waals surface area contributed by atoms with Crippen LogP contribution in [0.5, 0.6) is 0 Å². The zero-order valence-electron chi connectivity index (χ0n) is 17.1. The summed E-state index contributed by atoms with van der Waals surface area (Å²) in [4.78, 5) is 14.0. The van der Waals surface area contributed by atoms with Gasteiger partial charge in [-0.05, 0) is 38.1 Å². The Morgan fingerprint density at radius 2 is 1.63 bits per heavy atom. The van der Waals surface area contributed by atoms with Gasteiger partial charge in [-0.3, -0.25) is 0 Å². The van der Waals surface area contributed by atoms with Gasteiger partial charge in [0.15, 0.2) is 5.65 Å². The first-order chi connectivity index (χ1) is 14.6. The number of aromatic nitrogens is 4. The van der Waals surface area contributed by atoms with Gasteiger partial charge in [-0.25, -0.2) is 9.97 Å². The number of fused-ring (bicyclic) bond motifs is 1. The van der Waals surface area contributed by atoms with Crippen molar-refractivity contribution in [2.75, 3.05) is 36.0 Å². The van der Waals surface area contributed by atoms with Crippen LogP contribution < -0.4 is 9.80 Å². The van der Waals surface area contributed by atoms with E-state index in [2.05, 4.69) is 33.8 Å². The number of benzene rings is 1. The van der Waals surface area contributed by atoms with Crippen molar-refractivity contribution in [3.8, 4) is 11.3 Å². The maximum Gasteiger partial charge on any atom is 0.161 e. The van der Waals surface area contributed by atoms with E-state index < -0.39 is 0 Å². The van der Waals surface area contributed by atoms with Crippen molar-refractivity contribution < 1.29 is 0 Å². The molecular formula is C23H23ClN6. The Balaban J connectivity index is 1.49. The molecule has 1 aliphatic rings. The second-order valence-electron chi connectivity index (χ2n) is 7.63. The number of anilines is 2. The monoisotopic (exact) mass is 418 g/mol. The van der Waals surface area contributed by atoms with Gasteiger partial charge >= 0.3 is 0 Å². The molecule has 0 N–H and O–H groups in total. The number of pyridine rings is 1. The topological polar surface area (TPSA) is 49.6 Å². The maximum atomic E-state index is 6.07. The lowest BCUT2D eigenvalue weighted by molar-refractivity contribution is 0.633. The highest BCUT2D eigenvalue weighted by molar-refractivity contribution is 6.30. The number of hydrogen-bond acceptors (Lipinski definition) is 5. The summed E-state index contributed by atoms with van der Waals surface area (Å²) in [5, 5.41) is 5.67. The second-order valence-corrected chi connectivity index (χ2v) is 8.07. The Kier molecular flexibility index (Phi) is 4.79. The summed E-state index contributed by atoms with van der Waals surface area (Å²) < 4.78 is 1.99. The van der Waals surface area contributed by atoms with Crippen molar-refractivity contribution in [2.24, 2.45) is 0 Å². The van der Waals surface area contributed by atoms with Crippen LogP contribution in [0.15, 0.2) is 54.7 Å². The van der Waals surface area contributed by atoms with Crippen LogP contribution in [0.4, 0.5) is 11.6 Å². The van der Waals surface area contributed by atoms with Crippen molar-refractivity contribution in [1.82, 2.24) is 19.6 Å². The normalized spacial score (nSPS) is 14.5. The van der Waals surface area contributed by atoms with Crippen LogP contribution in [0.3, 0.4) is 0 Å². The predicted molar refractivity (Wildman–Crippen MR) is 122 cm³/mol. The first-order valence-electron chi connectivity index (χ1n) is 10.1. The van der Waals surface area contributed by atoms with Crippen LogP contribution in [0.1, 0.15) is 11.3 Å². The standard InChI is InChI=1S/C23H23ClN6/c1-16-15-21(29-13-11-28(12-14-29)20-5-3-4-10-25-20)30-23(26-16)17(2)22(27-30)18-6-8-19(24)9-7-18/h3-10,15H,11-14H2,1-2H3. The zero-order chi connectivity index (χ0) is 20.7. The van der Waals surface area contributed by atoms with E-state index in [1.54, 1.807) is 0 Å². The molecule has 0 atom stereocenters. The molecule has 0 aliphatic carbocycles. The molecule has 0 spiro atoms. The van der Waals surface area contributed by atoms with E-state index in [1.165, 1.54) is 0 Å². The summed E-state index contributed by atoms with van der Waals surface area (Å²) in [6.07, 6.45) is 1.85. The first kappa shape index (κ1) is 18.9. The van der Waals surface area contributed by atoms with Crippen molar-refractivity contribution in [2.45, 2.75) is 13.8 Å². The lowest BCUT2D eigenvalue weighted by atomic mass is 10.1. The summed E-state index contributed by atoms with van der Waals surface area (Å²) in [5.41, 5.74) is 4.97. The first-order valence-corrected chi connectivity index (χ1v) is 10.5. The van der Waals surface area contributed by atoms with Gasteiger partial charge in [-0.2, -0.15) is 9.61 Å². The maximum absolute atomic E-state index is 6.07. The molecule has 1 fully saturated rings. The molecule has 1 saturated heterocycles. The third kappa shape index (κ3) is 3.37. The lowest BCUT2D eigenvalue weighted by Crippen LogP contribution is -2.47. The molecule has 5 rings (SSSR count). The van der Waals surface area contributed by atoms with Crippen LogP contribution in [0.2, 0.25) is 5.02 Å². The molecule has 6 nitrogen and oxygen atoms in total. The van der Waals surface area contributed by atoms with E-state index in [1.807, 2.05) is 54.0 Å². The molecule has 30 heavy (non-hydrogen) atoms. The second kappa shape index (κ2) is 7.61. The van der Waals surface area contributed by atoms with Gasteiger partial charge in [-0.15, -0.1) is 0 Å². The highest BCUT2D eigenvalue weighted by Crippen LogP contribution is 2.29. The SMILES string of the molecule is Cc1cc(N2CCN(c3ccccn3)CC2)n2nc(-c3ccc(Cl)cc3)c(C)c2n1. The van der Waals surface area contributed by atoms with Gasteiger partial charge in [0.1, 0.15) is 11.6 Å². The highest BCUT2D eigenvalue weighted by atomic mass is 35.5. The number of aryl methyl sites for hydroxylation is 2. The van der Waals surface area contributed by atoms with Gasteiger partial charge in [0.25, 0.3) is 0 Å². The molecule has 0 bridgehead atoms. The molecule has 4 aromatic rings. The third-order valence-corrected chi connectivity index (χ3v) is 5.88. The van der Waals surface area contributed by atoms with Crippen LogP contribution >= 0.6 is 11.6 Å². The number of piperazine rings is 1. The average molecular weight is 419 g/mol. The molecule has 0 unspecified atom stereocenters. The third-order valence-electron chi connectivity index (χ3n) is 5.62. The van der Waals surface area contributed by atoms with E-state index in [-0.39, 0.29) is 0 Å². The van der Waals surface area contributed by atoms with Crippen molar-refractivity contribution in [1.29, 1.82) is 0 Å². The average Bonchev–Trinajstić information content (AvgIpc) is 3.11. The Morgan fingerprint density at radius 1 is 0.900 bits per heavy atom. The van der Waals surface area contributed by atoms with Gasteiger partial charge in [0.05, 0.1) is 5.69 Å². The summed E-state index contributed by atoms with van der Waals surface area (Å²) in [6, 6.07) is 16.0. The van der Waals surface area contributed by atoms with E-state index in [0.717, 1.165) is 71.0 Å². The predicted octanol–water partition coefficient (Wildman–Crippen LogP) is 4.39. The Hall–Kier alpha value is -3.12. The minimum absolute atomic E-state index is 0.723. The van der Waals surface area contributed by atoms with Crippen LogP contribution in [0.25, 0.3) is 16.9 Å². The van der Waals surface area contributed by atoms with E-state index >= 15 is 0 Å². The number of rotatable bonds is 3. The van der Waals surface area contributed by atoms with Gasteiger partial charge in [-0.1, -0.05) is 29.8 Å². The molecule has 4 heterocycles. The fourth-order valence-electron chi connectivity index (χ4n) is 4.04. The smallest absolute Gasteiger partial charge is 0.161 e. The lowest BCUT2D eigenvalue weighted by Gasteiger charge is -2.36. The van der Waals surface area contributed by atoms with E-state index in [4.69, 9.17) is 21.7 Å². The quantitative estimate of drug-likeness (QED) is 0.494. The Labute approximate surface area is 180 Å². The summed E-state index contributed by atoms with van der Waals surface area (Å²) in [7, 11) is 0. The minimum atomic E-state index is 0.723. The molecule has 152 valence electrons. The van der Waals surface area contributed by atoms with Gasteiger partial charge < -0.3 is 9.80 Å². The largest absolute Gasteiger partial charge is 0.353 e. The molecule has 3 aromatic heterocycles. The van der Waals surface area contributed by atoms with Crippen molar-refractivity contribution in [3.05, 3.63) is 71.0 Å². The molecule has 0 amide bonds. The molecule has 1 aliphatic heterocycles. The number of nitrogens with zero attached hydrogens (tertiary/aromatic N) is 6. The minimum Gasteiger partial charge on any atom is -0.353 e. The number of hydrogen-bond donors (Lipinski definition) is 0. The highest BCUT2D eigenvalue weighted by Gasteiger charge is 2.22. The molecule has 0 saturated carbocycles. The van der Waals surface area contributed by atoms with Gasteiger partial charge in [0, 0.05) is 60.3 Å². The number of halogens is 1. The molecular weight excluding hydrogens is 396 g/mol. The molecule has 0 radical (unpaired) electrons. The fraction of sp³-hybridized carbons (Fsp3) is 0.261. The molecule has 1 aromatic carbocycles. The van der Waals surface area contributed by atoms with Gasteiger partial charge in [0.2, 0.25) is 0 Å². The van der Waals surface area contributed by atoms with Crippen LogP contribution in [-0.4, -0.2) is 45.8 Å². The zero-order valence-corrected chi connectivity index (χ0v) is 17.8. The van der Waals surface area contributed by atoms with Crippen molar-refractivity contribution in [3.63, 3.8) is 0 Å². The summed E-state index contributed by atoms with van der Waals surface area (Å²) in [6.45, 7) is 7.78. The molecule has 7 heteroatoms. The van der Waals surface area contributed by atoms with Crippen molar-refractivity contribution >= 4 is 28.9 Å². The summed E-state index contributed by atoms with van der Waals surface area (Å²) >= 11 is 6.07. The Morgan fingerprint density at radius 3 is 2.33 bits per heavy atom. The summed E-state index contributed by atoms with van der Waals surface area (Å²) in [5.74, 6) is 2.12.